The van der Waals surface area contributed by atoms with Crippen molar-refractivity contribution in [3.63, 3.8) is 0 Å². The van der Waals surface area contributed by atoms with E-state index in [1.807, 2.05) is 0 Å². The monoisotopic (exact) mass is 569 g/mol. The van der Waals surface area contributed by atoms with Gasteiger partial charge in [-0.25, -0.2) is 14.4 Å². The highest BCUT2D eigenvalue weighted by Gasteiger charge is 2.68. The third kappa shape index (κ3) is 4.65. The number of aromatic nitrogens is 2. The van der Waals surface area contributed by atoms with Gasteiger partial charge in [0.15, 0.2) is 11.9 Å². The van der Waals surface area contributed by atoms with Crippen LogP contribution < -0.4 is 9.64 Å². The maximum absolute atomic E-state index is 14.8. The number of hydrogen-bond donors (Lipinski definition) is 1. The number of halogens is 7. The van der Waals surface area contributed by atoms with Gasteiger partial charge in [0.25, 0.3) is 0 Å². The van der Waals surface area contributed by atoms with Gasteiger partial charge < -0.3 is 14.7 Å². The number of alkyl halides is 7. The molecule has 0 saturated heterocycles. The molecule has 0 radical (unpaired) electrons. The third-order valence-electron chi connectivity index (χ3n) is 7.30. The van der Waals surface area contributed by atoms with Gasteiger partial charge in [0.05, 0.1) is 12.5 Å². The maximum atomic E-state index is 14.8. The Bertz CT molecular complexity index is 1430. The number of nitrogens with zero attached hydrogens (tertiary/aromatic N) is 3. The van der Waals surface area contributed by atoms with E-state index in [2.05, 4.69) is 9.97 Å². The molecule has 0 fully saturated rings. The van der Waals surface area contributed by atoms with Crippen LogP contribution in [0.3, 0.4) is 0 Å². The number of ether oxygens (including phenoxy) is 1. The van der Waals surface area contributed by atoms with Crippen molar-refractivity contribution in [3.8, 4) is 5.88 Å². The fraction of sp³-hybridized carbons (Fsp3) is 0.370. The van der Waals surface area contributed by atoms with E-state index in [0.29, 0.717) is 18.0 Å². The standard InChI is InChI=1S/C27H22F7N3O3/c1-14(15-5-3-2-4-6-15)24(38)37-12-17(40-22-11-21(26(29,30)31)35-13-36-22)8-7-16-9-19-18(10-20(16)37)23(28)25(19,39)27(32,33)34/h2-6,9-11,13-14,17,23,39H,7-8,12H2,1H3/t14-,17-,23+,25?/m0/s1. The van der Waals surface area contributed by atoms with Crippen molar-refractivity contribution in [3.05, 3.63) is 82.8 Å². The zero-order valence-corrected chi connectivity index (χ0v) is 20.8. The fourth-order valence-electron chi connectivity index (χ4n) is 5.08. The van der Waals surface area contributed by atoms with E-state index in [9.17, 15) is 40.6 Å². The summed E-state index contributed by atoms with van der Waals surface area (Å²) < 4.78 is 101. The Kier molecular flexibility index (Phi) is 6.76. The van der Waals surface area contributed by atoms with E-state index in [1.165, 1.54) is 4.90 Å². The summed E-state index contributed by atoms with van der Waals surface area (Å²) in [7, 11) is 0. The summed E-state index contributed by atoms with van der Waals surface area (Å²) in [6.45, 7) is 1.42. The number of amides is 1. The molecule has 0 bridgehead atoms. The lowest BCUT2D eigenvalue weighted by Crippen LogP contribution is -2.53. The first-order valence-corrected chi connectivity index (χ1v) is 12.2. The van der Waals surface area contributed by atoms with Crippen LogP contribution in [-0.4, -0.2) is 39.8 Å². The van der Waals surface area contributed by atoms with Crippen molar-refractivity contribution in [1.82, 2.24) is 9.97 Å². The first kappa shape index (κ1) is 27.8. The van der Waals surface area contributed by atoms with Crippen LogP contribution in [0, 0.1) is 0 Å². The molecule has 1 amide bonds. The number of aliphatic hydroxyl groups is 1. The Morgan fingerprint density at radius 3 is 2.45 bits per heavy atom. The lowest BCUT2D eigenvalue weighted by Gasteiger charge is -2.44. The molecule has 212 valence electrons. The summed E-state index contributed by atoms with van der Waals surface area (Å²) in [5.74, 6) is -1.62. The van der Waals surface area contributed by atoms with Crippen LogP contribution in [0.5, 0.6) is 5.88 Å². The van der Waals surface area contributed by atoms with Crippen molar-refractivity contribution >= 4 is 11.6 Å². The molecule has 13 heteroatoms. The molecule has 1 aliphatic carbocycles. The summed E-state index contributed by atoms with van der Waals surface area (Å²) in [4.78, 5) is 21.9. The zero-order chi connectivity index (χ0) is 29.0. The number of carbonyl (C=O) groups is 1. The Hall–Kier alpha value is -3.74. The average Bonchev–Trinajstić information content (AvgIpc) is 3.09. The highest BCUT2D eigenvalue weighted by molar-refractivity contribution is 5.99. The molecule has 3 aromatic rings. The molecule has 2 aromatic carbocycles. The summed E-state index contributed by atoms with van der Waals surface area (Å²) >= 11 is 0. The molecule has 1 aliphatic heterocycles. The van der Waals surface area contributed by atoms with Crippen LogP contribution in [0.15, 0.2) is 54.9 Å². The van der Waals surface area contributed by atoms with Crippen molar-refractivity contribution in [2.45, 2.75) is 55.9 Å². The van der Waals surface area contributed by atoms with Gasteiger partial charge in [-0.3, -0.25) is 4.79 Å². The second-order valence-corrected chi connectivity index (χ2v) is 9.79. The number of rotatable bonds is 4. The zero-order valence-electron chi connectivity index (χ0n) is 20.8. The number of benzene rings is 2. The number of hydrogen-bond acceptors (Lipinski definition) is 5. The number of fused-ring (bicyclic) bond motifs is 2. The van der Waals surface area contributed by atoms with Gasteiger partial charge in [-0.15, -0.1) is 0 Å². The molecule has 1 unspecified atom stereocenters. The molecule has 40 heavy (non-hydrogen) atoms. The molecule has 4 atom stereocenters. The Balaban J connectivity index is 1.53. The van der Waals surface area contributed by atoms with Crippen LogP contribution >= 0.6 is 0 Å². The smallest absolute Gasteiger partial charge is 0.433 e. The van der Waals surface area contributed by atoms with Crippen LogP contribution in [-0.2, 0) is 23.0 Å². The summed E-state index contributed by atoms with van der Waals surface area (Å²) in [6.07, 6.45) is -12.9. The normalized spacial score (nSPS) is 23.4. The van der Waals surface area contributed by atoms with Gasteiger partial charge in [-0.05, 0) is 48.6 Å². The number of anilines is 1. The van der Waals surface area contributed by atoms with E-state index in [0.717, 1.165) is 12.1 Å². The maximum Gasteiger partial charge on any atom is 0.433 e. The van der Waals surface area contributed by atoms with E-state index in [-0.39, 0.29) is 30.6 Å². The SMILES string of the molecule is C[C@H](C(=O)N1C[C@@H](Oc2cc(C(F)(F)F)ncn2)CCc2cc3c(cc21)[C@@H](F)C3(O)C(F)(F)F)c1ccccc1. The largest absolute Gasteiger partial charge is 0.472 e. The molecular formula is C27H22F7N3O3. The number of aryl methyl sites for hydroxylation is 1. The Morgan fingerprint density at radius 2 is 1.80 bits per heavy atom. The quantitative estimate of drug-likeness (QED) is 0.402. The Labute approximate surface area is 223 Å². The molecule has 0 saturated carbocycles. The van der Waals surface area contributed by atoms with Crippen LogP contribution in [0.25, 0.3) is 0 Å². The predicted octanol–water partition coefficient (Wildman–Crippen LogP) is 5.80. The van der Waals surface area contributed by atoms with Gasteiger partial charge in [0, 0.05) is 17.3 Å². The predicted molar refractivity (Wildman–Crippen MR) is 127 cm³/mol. The fourth-order valence-corrected chi connectivity index (χ4v) is 5.08. The summed E-state index contributed by atoms with van der Waals surface area (Å²) in [5, 5.41) is 10.2. The molecular weight excluding hydrogens is 547 g/mol. The van der Waals surface area contributed by atoms with Gasteiger partial charge >= 0.3 is 12.4 Å². The third-order valence-corrected chi connectivity index (χ3v) is 7.30. The first-order valence-electron chi connectivity index (χ1n) is 12.2. The highest BCUT2D eigenvalue weighted by Crippen LogP contribution is 2.60. The molecule has 5 rings (SSSR count). The molecule has 1 N–H and O–H groups in total. The van der Waals surface area contributed by atoms with Crippen molar-refractivity contribution in [2.24, 2.45) is 0 Å². The summed E-state index contributed by atoms with van der Waals surface area (Å²) in [6, 6.07) is 11.4. The molecule has 1 aromatic heterocycles. The van der Waals surface area contributed by atoms with Crippen molar-refractivity contribution in [2.75, 3.05) is 11.4 Å². The highest BCUT2D eigenvalue weighted by atomic mass is 19.4. The van der Waals surface area contributed by atoms with Gasteiger partial charge in [-0.2, -0.15) is 26.3 Å². The van der Waals surface area contributed by atoms with E-state index < -0.39 is 64.8 Å². The molecule has 2 aliphatic rings. The van der Waals surface area contributed by atoms with Gasteiger partial charge in [0.2, 0.25) is 17.4 Å². The van der Waals surface area contributed by atoms with Gasteiger partial charge in [-0.1, -0.05) is 30.3 Å². The van der Waals surface area contributed by atoms with E-state index in [4.69, 9.17) is 4.74 Å². The molecule has 6 nitrogen and oxygen atoms in total. The average molecular weight is 569 g/mol. The van der Waals surface area contributed by atoms with Crippen LogP contribution in [0.1, 0.15) is 53.4 Å². The van der Waals surface area contributed by atoms with Crippen LogP contribution in [0.4, 0.5) is 36.4 Å². The Morgan fingerprint density at radius 1 is 1.10 bits per heavy atom. The topological polar surface area (TPSA) is 75.6 Å². The minimum atomic E-state index is -5.27. The molecule has 0 spiro atoms. The van der Waals surface area contributed by atoms with E-state index in [1.54, 1.807) is 37.3 Å². The molecule has 2 heterocycles. The minimum absolute atomic E-state index is 0.0267. The second kappa shape index (κ2) is 9.72. The van der Waals surface area contributed by atoms with E-state index >= 15 is 0 Å². The lowest BCUT2D eigenvalue weighted by molar-refractivity contribution is -0.302. The first-order chi connectivity index (χ1) is 18.7. The second-order valence-electron chi connectivity index (χ2n) is 9.79. The van der Waals surface area contributed by atoms with Crippen molar-refractivity contribution < 1.29 is 45.4 Å². The van der Waals surface area contributed by atoms with Crippen LogP contribution in [0.2, 0.25) is 0 Å². The summed E-state index contributed by atoms with van der Waals surface area (Å²) in [5.41, 5.74) is -4.94. The van der Waals surface area contributed by atoms with Crippen molar-refractivity contribution in [1.29, 1.82) is 0 Å². The lowest BCUT2D eigenvalue weighted by atomic mass is 9.70. The minimum Gasteiger partial charge on any atom is -0.472 e. The van der Waals surface area contributed by atoms with Gasteiger partial charge in [0.1, 0.15) is 12.4 Å². The number of carbonyl (C=O) groups excluding carboxylic acids is 1.